The highest BCUT2D eigenvalue weighted by molar-refractivity contribution is 5.93. The fourth-order valence-electron chi connectivity index (χ4n) is 2.78. The molecule has 10 nitrogen and oxygen atoms in total. The number of aryl methyl sites for hydroxylation is 2. The van der Waals surface area contributed by atoms with Crippen LogP contribution >= 0.6 is 0 Å². The van der Waals surface area contributed by atoms with Gasteiger partial charge < -0.3 is 10.1 Å². The van der Waals surface area contributed by atoms with Crippen LogP contribution in [0.4, 0.5) is 11.4 Å². The number of anilines is 1. The predicted molar refractivity (Wildman–Crippen MR) is 108 cm³/mol. The molecule has 10 heteroatoms. The van der Waals surface area contributed by atoms with E-state index in [1.807, 2.05) is 0 Å². The van der Waals surface area contributed by atoms with E-state index in [1.54, 1.807) is 31.2 Å². The zero-order valence-corrected chi connectivity index (χ0v) is 16.0. The van der Waals surface area contributed by atoms with Gasteiger partial charge in [0.05, 0.1) is 28.6 Å². The van der Waals surface area contributed by atoms with Crippen molar-refractivity contribution in [2.45, 2.75) is 19.9 Å². The minimum atomic E-state index is -0.667. The van der Waals surface area contributed by atoms with Gasteiger partial charge in [-0.15, -0.1) is 0 Å². The van der Waals surface area contributed by atoms with Crippen LogP contribution in [0.2, 0.25) is 0 Å². The Morgan fingerprint density at radius 2 is 2.00 bits per heavy atom. The molecule has 0 saturated carbocycles. The smallest absolute Gasteiger partial charge is 0.308 e. The van der Waals surface area contributed by atoms with Crippen molar-refractivity contribution in [3.05, 3.63) is 74.8 Å². The van der Waals surface area contributed by atoms with Crippen molar-refractivity contribution >= 4 is 34.2 Å². The summed E-state index contributed by atoms with van der Waals surface area (Å²) >= 11 is 0. The van der Waals surface area contributed by atoms with Crippen LogP contribution < -0.4 is 10.9 Å². The average molecular weight is 410 g/mol. The molecular formula is C20H18N4O6. The Labute approximate surface area is 170 Å². The van der Waals surface area contributed by atoms with Crippen LogP contribution in [-0.2, 0) is 20.9 Å². The van der Waals surface area contributed by atoms with Gasteiger partial charge in [0.1, 0.15) is 0 Å². The Balaban J connectivity index is 1.52. The molecule has 3 rings (SSSR count). The second-order valence-corrected chi connectivity index (χ2v) is 6.48. The average Bonchev–Trinajstić information content (AvgIpc) is 2.73. The third-order valence-corrected chi connectivity index (χ3v) is 4.34. The molecule has 3 aromatic rings. The highest BCUT2D eigenvalue weighted by Gasteiger charge is 2.14. The molecule has 0 radical (unpaired) electrons. The molecule has 0 spiro atoms. The normalized spacial score (nSPS) is 10.6. The van der Waals surface area contributed by atoms with Crippen LogP contribution in [0, 0.1) is 17.0 Å². The summed E-state index contributed by atoms with van der Waals surface area (Å²) in [4.78, 5) is 50.8. The summed E-state index contributed by atoms with van der Waals surface area (Å²) in [6.45, 7) is 1.09. The lowest BCUT2D eigenvalue weighted by molar-refractivity contribution is -0.385. The molecule has 1 aromatic heterocycles. The summed E-state index contributed by atoms with van der Waals surface area (Å²) in [5.74, 6) is -1.30. The number of nitro benzene ring substituents is 1. The van der Waals surface area contributed by atoms with Gasteiger partial charge in [0.15, 0.2) is 6.61 Å². The summed E-state index contributed by atoms with van der Waals surface area (Å²) in [5.41, 5.74) is 0.852. The number of carbonyl (C=O) groups is 2. The minimum Gasteiger partial charge on any atom is -0.456 e. The van der Waals surface area contributed by atoms with E-state index in [0.717, 1.165) is 0 Å². The lowest BCUT2D eigenvalue weighted by atomic mass is 10.2. The van der Waals surface area contributed by atoms with E-state index >= 15 is 0 Å². The van der Waals surface area contributed by atoms with Gasteiger partial charge in [-0.05, 0) is 25.1 Å². The lowest BCUT2D eigenvalue weighted by Crippen LogP contribution is -2.24. The molecule has 1 amide bonds. The van der Waals surface area contributed by atoms with Gasteiger partial charge in [0, 0.05) is 23.9 Å². The topological polar surface area (TPSA) is 133 Å². The SMILES string of the molecule is Cc1ccc(NC(=O)COC(=O)CCn2cnc3ccccc3c2=O)cc1[N+](=O)[O-]. The Bertz CT molecular complexity index is 1190. The number of esters is 1. The van der Waals surface area contributed by atoms with Gasteiger partial charge in [-0.2, -0.15) is 0 Å². The molecule has 0 aliphatic heterocycles. The van der Waals surface area contributed by atoms with E-state index in [1.165, 1.54) is 29.1 Å². The molecule has 0 fully saturated rings. The minimum absolute atomic E-state index is 0.0568. The number of benzene rings is 2. The van der Waals surface area contributed by atoms with E-state index in [-0.39, 0.29) is 29.9 Å². The number of para-hydroxylation sites is 1. The van der Waals surface area contributed by atoms with Gasteiger partial charge in [-0.3, -0.25) is 29.1 Å². The summed E-state index contributed by atoms with van der Waals surface area (Å²) in [7, 11) is 0. The number of nitro groups is 1. The van der Waals surface area contributed by atoms with Crippen molar-refractivity contribution in [2.75, 3.05) is 11.9 Å². The molecule has 0 aliphatic carbocycles. The molecule has 1 N–H and O–H groups in total. The molecule has 0 atom stereocenters. The first-order valence-corrected chi connectivity index (χ1v) is 9.00. The number of fused-ring (bicyclic) bond motifs is 1. The Morgan fingerprint density at radius 1 is 1.23 bits per heavy atom. The van der Waals surface area contributed by atoms with Crippen LogP contribution in [0.5, 0.6) is 0 Å². The summed E-state index contributed by atoms with van der Waals surface area (Å²) < 4.78 is 6.21. The molecule has 154 valence electrons. The van der Waals surface area contributed by atoms with E-state index in [4.69, 9.17) is 4.74 Å². The maximum atomic E-state index is 12.4. The Kier molecular flexibility index (Phi) is 6.16. The molecule has 2 aromatic carbocycles. The summed E-state index contributed by atoms with van der Waals surface area (Å²) in [6.07, 6.45) is 1.23. The molecule has 0 bridgehead atoms. The van der Waals surface area contributed by atoms with E-state index in [2.05, 4.69) is 10.3 Å². The fraction of sp³-hybridized carbons (Fsp3) is 0.200. The quantitative estimate of drug-likeness (QED) is 0.358. The Morgan fingerprint density at radius 3 is 2.77 bits per heavy atom. The number of amides is 1. The number of nitrogens with one attached hydrogen (secondary N) is 1. The van der Waals surface area contributed by atoms with Crippen molar-refractivity contribution in [1.82, 2.24) is 9.55 Å². The number of aromatic nitrogens is 2. The number of ether oxygens (including phenoxy) is 1. The first kappa shape index (κ1) is 20.6. The highest BCUT2D eigenvalue weighted by atomic mass is 16.6. The van der Waals surface area contributed by atoms with Crippen LogP contribution in [0.3, 0.4) is 0 Å². The van der Waals surface area contributed by atoms with Crippen LogP contribution in [0.25, 0.3) is 10.9 Å². The lowest BCUT2D eigenvalue weighted by Gasteiger charge is -2.08. The first-order chi connectivity index (χ1) is 14.3. The van der Waals surface area contributed by atoms with Crippen molar-refractivity contribution in [3.8, 4) is 0 Å². The van der Waals surface area contributed by atoms with E-state index in [0.29, 0.717) is 16.5 Å². The highest BCUT2D eigenvalue weighted by Crippen LogP contribution is 2.22. The second-order valence-electron chi connectivity index (χ2n) is 6.48. The molecule has 0 saturated heterocycles. The van der Waals surface area contributed by atoms with Crippen molar-refractivity contribution in [3.63, 3.8) is 0 Å². The van der Waals surface area contributed by atoms with Crippen LogP contribution in [0.1, 0.15) is 12.0 Å². The summed E-state index contributed by atoms with van der Waals surface area (Å²) in [5, 5.41) is 13.8. The third kappa shape index (κ3) is 4.85. The van der Waals surface area contributed by atoms with Crippen molar-refractivity contribution in [1.29, 1.82) is 0 Å². The van der Waals surface area contributed by atoms with Crippen LogP contribution in [-0.4, -0.2) is 33.0 Å². The number of hydrogen-bond acceptors (Lipinski definition) is 7. The van der Waals surface area contributed by atoms with Crippen LogP contribution in [0.15, 0.2) is 53.6 Å². The zero-order valence-electron chi connectivity index (χ0n) is 16.0. The maximum Gasteiger partial charge on any atom is 0.308 e. The largest absolute Gasteiger partial charge is 0.456 e. The molecule has 30 heavy (non-hydrogen) atoms. The number of hydrogen-bond donors (Lipinski definition) is 1. The van der Waals surface area contributed by atoms with Crippen molar-refractivity contribution < 1.29 is 19.2 Å². The molecule has 0 aliphatic rings. The van der Waals surface area contributed by atoms with Gasteiger partial charge in [0.2, 0.25) is 0 Å². The van der Waals surface area contributed by atoms with Gasteiger partial charge in [-0.25, -0.2) is 4.98 Å². The van der Waals surface area contributed by atoms with Gasteiger partial charge in [0.25, 0.3) is 17.2 Å². The zero-order chi connectivity index (χ0) is 21.7. The van der Waals surface area contributed by atoms with Crippen molar-refractivity contribution in [2.24, 2.45) is 0 Å². The summed E-state index contributed by atoms with van der Waals surface area (Å²) in [6, 6.07) is 11.1. The van der Waals surface area contributed by atoms with Gasteiger partial charge in [-0.1, -0.05) is 18.2 Å². The number of carbonyl (C=O) groups excluding carboxylic acids is 2. The van der Waals surface area contributed by atoms with E-state index < -0.39 is 23.4 Å². The van der Waals surface area contributed by atoms with Gasteiger partial charge >= 0.3 is 5.97 Å². The molecular weight excluding hydrogens is 392 g/mol. The standard InChI is InChI=1S/C20H18N4O6/c1-13-6-7-14(10-17(13)24(28)29)22-18(25)11-30-19(26)8-9-23-12-21-16-5-3-2-4-15(16)20(23)27/h2-7,10,12H,8-9,11H2,1H3,(H,22,25). The number of rotatable bonds is 7. The fourth-order valence-corrected chi connectivity index (χ4v) is 2.78. The first-order valence-electron chi connectivity index (χ1n) is 9.00. The predicted octanol–water partition coefficient (Wildman–Crippen LogP) is 2.19. The second kappa shape index (κ2) is 8.95. The Hall–Kier alpha value is -4.08. The molecule has 0 unspecified atom stereocenters. The third-order valence-electron chi connectivity index (χ3n) is 4.34. The van der Waals surface area contributed by atoms with E-state index in [9.17, 15) is 24.5 Å². The molecule has 1 heterocycles. The number of nitrogens with zero attached hydrogens (tertiary/aromatic N) is 3. The monoisotopic (exact) mass is 410 g/mol. The maximum absolute atomic E-state index is 12.4.